The second-order valence-corrected chi connectivity index (χ2v) is 4.19. The molecule has 0 unspecified atom stereocenters. The van der Waals surface area contributed by atoms with E-state index >= 15 is 0 Å². The molecule has 1 heterocycles. The maximum atomic E-state index is 5.18. The fourth-order valence-electron chi connectivity index (χ4n) is 1.32. The topological polar surface area (TPSA) is 38.9 Å². The van der Waals surface area contributed by atoms with E-state index in [9.17, 15) is 0 Å². The van der Waals surface area contributed by atoms with Gasteiger partial charge in [-0.3, -0.25) is 0 Å². The number of halogens is 1. The summed E-state index contributed by atoms with van der Waals surface area (Å²) in [6.45, 7) is 2.09. The lowest BCUT2D eigenvalue weighted by Gasteiger charge is -1.93. The number of aromatic nitrogens is 2. The minimum atomic E-state index is 0.583. The molecule has 0 amide bonds. The maximum absolute atomic E-state index is 5.18. The first-order chi connectivity index (χ1) is 7.29. The van der Waals surface area contributed by atoms with Crippen molar-refractivity contribution in [3.63, 3.8) is 0 Å². The predicted molar refractivity (Wildman–Crippen MR) is 61.4 cm³/mol. The van der Waals surface area contributed by atoms with Gasteiger partial charge in [0.1, 0.15) is 0 Å². The summed E-state index contributed by atoms with van der Waals surface area (Å²) >= 11 is 3.41. The summed E-state index contributed by atoms with van der Waals surface area (Å²) in [5.41, 5.74) is 0.944. The zero-order valence-electron chi connectivity index (χ0n) is 8.40. The fraction of sp³-hybridized carbons (Fsp3) is 0.273. The van der Waals surface area contributed by atoms with Crippen LogP contribution in [0.2, 0.25) is 0 Å². The second kappa shape index (κ2) is 4.57. The first-order valence-electron chi connectivity index (χ1n) is 4.88. The van der Waals surface area contributed by atoms with Crippen molar-refractivity contribution in [2.45, 2.75) is 19.8 Å². The molecular formula is C11H11BrN2O. The normalized spacial score (nSPS) is 10.5. The Morgan fingerprint density at radius 2 is 2.27 bits per heavy atom. The molecule has 15 heavy (non-hydrogen) atoms. The zero-order chi connectivity index (χ0) is 10.7. The molecule has 0 saturated carbocycles. The van der Waals surface area contributed by atoms with E-state index in [1.807, 2.05) is 24.3 Å². The minimum Gasteiger partial charge on any atom is -0.334 e. The van der Waals surface area contributed by atoms with Gasteiger partial charge in [-0.15, -0.1) is 0 Å². The summed E-state index contributed by atoms with van der Waals surface area (Å²) in [5.74, 6) is 1.35. The number of benzene rings is 1. The standard InChI is InChI=1S/C11H11BrN2O/c1-2-4-10-13-11(15-14-10)8-5-3-6-9(12)7-8/h3,5-7H,2,4H2,1H3. The molecular weight excluding hydrogens is 256 g/mol. The molecule has 2 aromatic rings. The van der Waals surface area contributed by atoms with Crippen LogP contribution in [0.15, 0.2) is 33.3 Å². The van der Waals surface area contributed by atoms with Crippen molar-refractivity contribution in [1.82, 2.24) is 10.1 Å². The molecule has 0 atom stereocenters. The lowest BCUT2D eigenvalue weighted by Crippen LogP contribution is -1.85. The van der Waals surface area contributed by atoms with Gasteiger partial charge in [0, 0.05) is 16.5 Å². The minimum absolute atomic E-state index is 0.583. The van der Waals surface area contributed by atoms with Gasteiger partial charge in [-0.05, 0) is 24.6 Å². The highest BCUT2D eigenvalue weighted by Crippen LogP contribution is 2.21. The van der Waals surface area contributed by atoms with Crippen molar-refractivity contribution in [3.05, 3.63) is 34.6 Å². The van der Waals surface area contributed by atoms with Gasteiger partial charge in [0.05, 0.1) is 0 Å². The van der Waals surface area contributed by atoms with Gasteiger partial charge in [0.2, 0.25) is 0 Å². The predicted octanol–water partition coefficient (Wildman–Crippen LogP) is 3.45. The molecule has 0 aliphatic carbocycles. The molecule has 1 aromatic carbocycles. The lowest BCUT2D eigenvalue weighted by atomic mass is 10.2. The van der Waals surface area contributed by atoms with Crippen molar-refractivity contribution >= 4 is 15.9 Å². The van der Waals surface area contributed by atoms with Crippen LogP contribution in [0.4, 0.5) is 0 Å². The van der Waals surface area contributed by atoms with E-state index in [-0.39, 0.29) is 0 Å². The summed E-state index contributed by atoms with van der Waals surface area (Å²) in [7, 11) is 0. The van der Waals surface area contributed by atoms with Crippen molar-refractivity contribution in [2.24, 2.45) is 0 Å². The van der Waals surface area contributed by atoms with Crippen LogP contribution < -0.4 is 0 Å². The van der Waals surface area contributed by atoms with E-state index < -0.39 is 0 Å². The number of aryl methyl sites for hydroxylation is 1. The number of hydrogen-bond donors (Lipinski definition) is 0. The molecule has 2 rings (SSSR count). The molecule has 78 valence electrons. The Hall–Kier alpha value is -1.16. The average molecular weight is 267 g/mol. The molecule has 0 spiro atoms. The van der Waals surface area contributed by atoms with Crippen molar-refractivity contribution < 1.29 is 4.52 Å². The molecule has 4 heteroatoms. The Kier molecular flexibility index (Phi) is 3.16. The van der Waals surface area contributed by atoms with Crippen LogP contribution in [-0.2, 0) is 6.42 Å². The SMILES string of the molecule is CCCc1noc(-c2cccc(Br)c2)n1. The summed E-state index contributed by atoms with van der Waals surface area (Å²) in [6.07, 6.45) is 1.88. The van der Waals surface area contributed by atoms with Gasteiger partial charge >= 0.3 is 0 Å². The van der Waals surface area contributed by atoms with E-state index in [4.69, 9.17) is 4.52 Å². The van der Waals surface area contributed by atoms with Gasteiger partial charge in [0.25, 0.3) is 5.89 Å². The van der Waals surface area contributed by atoms with Gasteiger partial charge in [-0.2, -0.15) is 4.98 Å². The summed E-state index contributed by atoms with van der Waals surface area (Å²) in [4.78, 5) is 4.31. The highest BCUT2D eigenvalue weighted by atomic mass is 79.9. The Balaban J connectivity index is 2.29. The Labute approximate surface area is 96.6 Å². The van der Waals surface area contributed by atoms with E-state index in [0.717, 1.165) is 28.7 Å². The molecule has 3 nitrogen and oxygen atoms in total. The van der Waals surface area contributed by atoms with Crippen molar-refractivity contribution in [3.8, 4) is 11.5 Å². The van der Waals surface area contributed by atoms with Crippen LogP contribution >= 0.6 is 15.9 Å². The van der Waals surface area contributed by atoms with Gasteiger partial charge in [-0.25, -0.2) is 0 Å². The Morgan fingerprint density at radius 3 is 3.00 bits per heavy atom. The first-order valence-corrected chi connectivity index (χ1v) is 5.67. The fourth-order valence-corrected chi connectivity index (χ4v) is 1.72. The molecule has 0 aliphatic heterocycles. The molecule has 0 radical (unpaired) electrons. The van der Waals surface area contributed by atoms with E-state index in [1.165, 1.54) is 0 Å². The zero-order valence-corrected chi connectivity index (χ0v) is 9.99. The van der Waals surface area contributed by atoms with Gasteiger partial charge in [0.15, 0.2) is 5.82 Å². The Morgan fingerprint density at radius 1 is 1.40 bits per heavy atom. The van der Waals surface area contributed by atoms with E-state index in [0.29, 0.717) is 5.89 Å². The molecule has 0 fully saturated rings. The second-order valence-electron chi connectivity index (χ2n) is 3.28. The summed E-state index contributed by atoms with van der Waals surface area (Å²) in [6, 6.07) is 7.83. The highest BCUT2D eigenvalue weighted by molar-refractivity contribution is 9.10. The quantitative estimate of drug-likeness (QED) is 0.854. The van der Waals surface area contributed by atoms with Crippen LogP contribution in [0, 0.1) is 0 Å². The van der Waals surface area contributed by atoms with Crippen molar-refractivity contribution in [2.75, 3.05) is 0 Å². The first kappa shape index (κ1) is 10.4. The molecule has 0 saturated heterocycles. The number of rotatable bonds is 3. The summed E-state index contributed by atoms with van der Waals surface area (Å²) in [5, 5.41) is 3.91. The molecule has 1 aromatic heterocycles. The third-order valence-corrected chi connectivity index (χ3v) is 2.51. The van der Waals surface area contributed by atoms with Crippen molar-refractivity contribution in [1.29, 1.82) is 0 Å². The van der Waals surface area contributed by atoms with Crippen LogP contribution in [-0.4, -0.2) is 10.1 Å². The lowest BCUT2D eigenvalue weighted by molar-refractivity contribution is 0.422. The highest BCUT2D eigenvalue weighted by Gasteiger charge is 2.07. The van der Waals surface area contributed by atoms with Crippen LogP contribution in [0.25, 0.3) is 11.5 Å². The van der Waals surface area contributed by atoms with E-state index in [1.54, 1.807) is 0 Å². The molecule has 0 aliphatic rings. The number of nitrogens with zero attached hydrogens (tertiary/aromatic N) is 2. The Bertz CT molecular complexity index is 453. The van der Waals surface area contributed by atoms with Gasteiger partial charge < -0.3 is 4.52 Å². The number of hydrogen-bond acceptors (Lipinski definition) is 3. The average Bonchev–Trinajstić information content (AvgIpc) is 2.67. The smallest absolute Gasteiger partial charge is 0.257 e. The largest absolute Gasteiger partial charge is 0.334 e. The molecule has 0 bridgehead atoms. The summed E-state index contributed by atoms with van der Waals surface area (Å²) < 4.78 is 6.19. The van der Waals surface area contributed by atoms with Crippen LogP contribution in [0.5, 0.6) is 0 Å². The third-order valence-electron chi connectivity index (χ3n) is 2.01. The van der Waals surface area contributed by atoms with Crippen LogP contribution in [0.1, 0.15) is 19.2 Å². The molecule has 0 N–H and O–H groups in total. The van der Waals surface area contributed by atoms with Gasteiger partial charge in [-0.1, -0.05) is 34.1 Å². The maximum Gasteiger partial charge on any atom is 0.257 e. The van der Waals surface area contributed by atoms with E-state index in [2.05, 4.69) is 33.0 Å². The monoisotopic (exact) mass is 266 g/mol. The third kappa shape index (κ3) is 2.45. The van der Waals surface area contributed by atoms with Crippen LogP contribution in [0.3, 0.4) is 0 Å².